The molecule has 0 amide bonds. The summed E-state index contributed by atoms with van der Waals surface area (Å²) in [4.78, 5) is 6.39. The monoisotopic (exact) mass is 236 g/mol. The molecule has 2 heterocycles. The lowest BCUT2D eigenvalue weighted by Gasteiger charge is -2.36. The first kappa shape index (κ1) is 12.4. The zero-order chi connectivity index (χ0) is 12.4. The van der Waals surface area contributed by atoms with Crippen LogP contribution in [0.3, 0.4) is 0 Å². The van der Waals surface area contributed by atoms with Crippen LogP contribution in [-0.4, -0.2) is 47.4 Å². The summed E-state index contributed by atoms with van der Waals surface area (Å²) in [7, 11) is -1.46. The van der Waals surface area contributed by atoms with Crippen LogP contribution in [0.15, 0.2) is 18.3 Å². The summed E-state index contributed by atoms with van der Waals surface area (Å²) in [5.74, 6) is 0.844. The van der Waals surface area contributed by atoms with Crippen LogP contribution in [0.25, 0.3) is 0 Å². The molecule has 0 bridgehead atoms. The normalized spacial score (nSPS) is 24.8. The third-order valence-corrected chi connectivity index (χ3v) is 2.81. The number of hydrogen-bond acceptors (Lipinski definition) is 5. The number of ether oxygens (including phenoxy) is 1. The van der Waals surface area contributed by atoms with E-state index in [0.29, 0.717) is 5.46 Å². The Hall–Kier alpha value is -1.11. The van der Waals surface area contributed by atoms with Gasteiger partial charge in [0.25, 0.3) is 0 Å². The second-order valence-electron chi connectivity index (χ2n) is 4.49. The van der Waals surface area contributed by atoms with Crippen molar-refractivity contribution < 1.29 is 14.8 Å². The second kappa shape index (κ2) is 5.04. The highest BCUT2D eigenvalue weighted by atomic mass is 16.5. The Labute approximate surface area is 101 Å². The Kier molecular flexibility index (Phi) is 3.66. The van der Waals surface area contributed by atoms with Gasteiger partial charge in [-0.05, 0) is 19.9 Å². The molecular weight excluding hydrogens is 219 g/mol. The molecular formula is C11H17BN2O3. The molecule has 2 atom stereocenters. The molecule has 0 radical (unpaired) electrons. The molecule has 2 N–H and O–H groups in total. The van der Waals surface area contributed by atoms with Crippen LogP contribution in [0.2, 0.25) is 0 Å². The second-order valence-corrected chi connectivity index (χ2v) is 4.49. The largest absolute Gasteiger partial charge is 0.490 e. The number of pyridine rings is 1. The number of morpholine rings is 1. The fraction of sp³-hybridized carbons (Fsp3) is 0.545. The molecule has 92 valence electrons. The van der Waals surface area contributed by atoms with Gasteiger partial charge in [-0.2, -0.15) is 0 Å². The average molecular weight is 236 g/mol. The van der Waals surface area contributed by atoms with Crippen LogP contribution < -0.4 is 10.4 Å². The molecule has 0 aromatic carbocycles. The fourth-order valence-electron chi connectivity index (χ4n) is 2.10. The minimum absolute atomic E-state index is 0.184. The van der Waals surface area contributed by atoms with Gasteiger partial charge in [-0.15, -0.1) is 0 Å². The van der Waals surface area contributed by atoms with E-state index in [4.69, 9.17) is 14.8 Å². The standard InChI is InChI=1S/C11H17BN2O3/c1-8-6-14(7-9(2)17-8)11-4-3-10(5-13-11)12(15)16/h3-5,8-9,15-16H,6-7H2,1-2H3/t8-,9+. The minimum atomic E-state index is -1.46. The predicted molar refractivity (Wildman–Crippen MR) is 66.3 cm³/mol. The number of aromatic nitrogens is 1. The van der Waals surface area contributed by atoms with Crippen molar-refractivity contribution in [3.8, 4) is 0 Å². The third kappa shape index (κ3) is 2.97. The highest BCUT2D eigenvalue weighted by Gasteiger charge is 2.23. The van der Waals surface area contributed by atoms with Gasteiger partial charge in [0, 0.05) is 24.7 Å². The molecule has 17 heavy (non-hydrogen) atoms. The maximum atomic E-state index is 8.99. The summed E-state index contributed by atoms with van der Waals surface area (Å²) in [6.07, 6.45) is 1.86. The van der Waals surface area contributed by atoms with E-state index in [1.54, 1.807) is 12.1 Å². The molecule has 0 spiro atoms. The van der Waals surface area contributed by atoms with Crippen LogP contribution in [0, 0.1) is 0 Å². The van der Waals surface area contributed by atoms with Crippen molar-refractivity contribution >= 4 is 18.4 Å². The van der Waals surface area contributed by atoms with Crippen molar-refractivity contribution in [1.82, 2.24) is 4.98 Å². The molecule has 1 aliphatic heterocycles. The van der Waals surface area contributed by atoms with Gasteiger partial charge in [-0.3, -0.25) is 0 Å². The maximum Gasteiger partial charge on any atom is 0.490 e. The number of nitrogens with zero attached hydrogens (tertiary/aromatic N) is 2. The van der Waals surface area contributed by atoms with Gasteiger partial charge >= 0.3 is 7.12 Å². The molecule has 1 fully saturated rings. The molecule has 6 heteroatoms. The van der Waals surface area contributed by atoms with E-state index in [2.05, 4.69) is 9.88 Å². The van der Waals surface area contributed by atoms with Gasteiger partial charge in [0.05, 0.1) is 12.2 Å². The zero-order valence-corrected chi connectivity index (χ0v) is 10.1. The third-order valence-electron chi connectivity index (χ3n) is 2.81. The van der Waals surface area contributed by atoms with E-state index in [9.17, 15) is 0 Å². The Morgan fingerprint density at radius 1 is 1.29 bits per heavy atom. The Balaban J connectivity index is 2.11. The van der Waals surface area contributed by atoms with E-state index in [0.717, 1.165) is 18.9 Å². The molecule has 2 rings (SSSR count). The highest BCUT2D eigenvalue weighted by Crippen LogP contribution is 2.16. The molecule has 5 nitrogen and oxygen atoms in total. The van der Waals surface area contributed by atoms with Crippen molar-refractivity contribution in [3.05, 3.63) is 18.3 Å². The van der Waals surface area contributed by atoms with E-state index in [1.165, 1.54) is 6.20 Å². The zero-order valence-electron chi connectivity index (χ0n) is 10.1. The Morgan fingerprint density at radius 3 is 2.41 bits per heavy atom. The Morgan fingerprint density at radius 2 is 1.94 bits per heavy atom. The van der Waals surface area contributed by atoms with Crippen LogP contribution >= 0.6 is 0 Å². The number of rotatable bonds is 2. The molecule has 0 aliphatic carbocycles. The first-order valence-electron chi connectivity index (χ1n) is 5.78. The van der Waals surface area contributed by atoms with E-state index >= 15 is 0 Å². The summed E-state index contributed by atoms with van der Waals surface area (Å²) in [6.45, 7) is 5.68. The summed E-state index contributed by atoms with van der Waals surface area (Å²) in [5.41, 5.74) is 0.406. The van der Waals surface area contributed by atoms with Crippen molar-refractivity contribution in [2.24, 2.45) is 0 Å². The van der Waals surface area contributed by atoms with E-state index in [1.807, 2.05) is 13.8 Å². The van der Waals surface area contributed by atoms with Gasteiger partial charge in [0.15, 0.2) is 0 Å². The van der Waals surface area contributed by atoms with Gasteiger partial charge in [-0.25, -0.2) is 4.98 Å². The van der Waals surface area contributed by atoms with Gasteiger partial charge in [0.2, 0.25) is 0 Å². The SMILES string of the molecule is C[C@@H]1CN(c2ccc(B(O)O)cn2)C[C@H](C)O1. The molecule has 0 unspecified atom stereocenters. The summed E-state index contributed by atoms with van der Waals surface area (Å²) in [5, 5.41) is 18.0. The smallest absolute Gasteiger partial charge is 0.423 e. The van der Waals surface area contributed by atoms with Crippen LogP contribution in [0.1, 0.15) is 13.8 Å². The van der Waals surface area contributed by atoms with Crippen molar-refractivity contribution in [3.63, 3.8) is 0 Å². The molecule has 1 saturated heterocycles. The van der Waals surface area contributed by atoms with Crippen molar-refractivity contribution in [2.45, 2.75) is 26.1 Å². The van der Waals surface area contributed by atoms with Crippen molar-refractivity contribution in [2.75, 3.05) is 18.0 Å². The maximum absolute atomic E-state index is 8.99. The first-order chi connectivity index (χ1) is 8.06. The van der Waals surface area contributed by atoms with Crippen LogP contribution in [0.4, 0.5) is 5.82 Å². The number of hydrogen-bond donors (Lipinski definition) is 2. The lowest BCUT2D eigenvalue weighted by atomic mass is 9.82. The lowest BCUT2D eigenvalue weighted by Crippen LogP contribution is -2.46. The molecule has 1 aliphatic rings. The van der Waals surface area contributed by atoms with Gasteiger partial charge < -0.3 is 19.7 Å². The summed E-state index contributed by atoms with van der Waals surface area (Å²) < 4.78 is 5.65. The molecule has 1 aromatic rings. The minimum Gasteiger partial charge on any atom is -0.423 e. The Bertz CT molecular complexity index is 361. The van der Waals surface area contributed by atoms with E-state index < -0.39 is 7.12 Å². The fourth-order valence-corrected chi connectivity index (χ4v) is 2.10. The summed E-state index contributed by atoms with van der Waals surface area (Å²) in [6, 6.07) is 3.48. The topological polar surface area (TPSA) is 65.8 Å². The van der Waals surface area contributed by atoms with Gasteiger partial charge in [0.1, 0.15) is 5.82 Å². The van der Waals surface area contributed by atoms with Crippen molar-refractivity contribution in [1.29, 1.82) is 0 Å². The van der Waals surface area contributed by atoms with Gasteiger partial charge in [-0.1, -0.05) is 6.07 Å². The molecule has 1 aromatic heterocycles. The number of anilines is 1. The predicted octanol–water partition coefficient (Wildman–Crippen LogP) is -0.625. The highest BCUT2D eigenvalue weighted by molar-refractivity contribution is 6.58. The average Bonchev–Trinajstić information content (AvgIpc) is 2.28. The van der Waals surface area contributed by atoms with Crippen LogP contribution in [0.5, 0.6) is 0 Å². The quantitative estimate of drug-likeness (QED) is 0.669. The lowest BCUT2D eigenvalue weighted by molar-refractivity contribution is -0.00545. The summed E-state index contributed by atoms with van der Waals surface area (Å²) >= 11 is 0. The molecule has 0 saturated carbocycles. The van der Waals surface area contributed by atoms with E-state index in [-0.39, 0.29) is 12.2 Å². The van der Waals surface area contributed by atoms with Crippen LogP contribution in [-0.2, 0) is 4.74 Å². The first-order valence-corrected chi connectivity index (χ1v) is 5.78.